The smallest absolute Gasteiger partial charge is 0.00775 e. The van der Waals surface area contributed by atoms with Gasteiger partial charge in [0.25, 0.3) is 0 Å². The molecule has 0 spiro atoms. The number of benzene rings is 4. The molecule has 9 rings (SSSR count). The second-order valence-corrected chi connectivity index (χ2v) is 13.1. The molecule has 4 saturated carbocycles. The molecular weight excluding hydrogens is 420 g/mol. The van der Waals surface area contributed by atoms with Crippen molar-refractivity contribution in [2.24, 2.45) is 35.5 Å². The van der Waals surface area contributed by atoms with Crippen molar-refractivity contribution in [3.8, 4) is 0 Å². The van der Waals surface area contributed by atoms with Gasteiger partial charge in [-0.25, -0.2) is 0 Å². The lowest BCUT2D eigenvalue weighted by molar-refractivity contribution is -0.0713. The molecule has 4 aromatic carbocycles. The highest BCUT2D eigenvalue weighted by atomic mass is 14.6. The molecule has 0 N–H and O–H groups in total. The summed E-state index contributed by atoms with van der Waals surface area (Å²) in [7, 11) is 0. The van der Waals surface area contributed by atoms with Gasteiger partial charge in [0, 0.05) is 0 Å². The predicted octanol–water partition coefficient (Wildman–Crippen LogP) is 9.59. The van der Waals surface area contributed by atoms with E-state index in [9.17, 15) is 0 Å². The van der Waals surface area contributed by atoms with Crippen molar-refractivity contribution in [1.82, 2.24) is 0 Å². The summed E-state index contributed by atoms with van der Waals surface area (Å²) in [5, 5.41) is 9.08. The number of hydrogen-bond acceptors (Lipinski definition) is 0. The van der Waals surface area contributed by atoms with Crippen LogP contribution in [-0.2, 0) is 0 Å². The molecule has 0 bridgehead atoms. The Balaban J connectivity index is 1.25. The van der Waals surface area contributed by atoms with Crippen molar-refractivity contribution in [3.05, 3.63) is 71.8 Å². The zero-order valence-corrected chi connectivity index (χ0v) is 20.8. The first-order valence-corrected chi connectivity index (χ1v) is 14.7. The van der Waals surface area contributed by atoms with Gasteiger partial charge in [-0.05, 0) is 123 Å². The minimum atomic E-state index is 0.733. The molecule has 35 heavy (non-hydrogen) atoms. The standard InChI is InChI=1S/C35H36/c1-3-12-25-21(7-1)16-31-29-18-24-15-23-11-5-9-20-10-6-14-27(33(20)23)28(24)19-32(29)34-26-13-4-2-8-22(26)17-30(25)35(31)34/h1-4,7-8,12-13,16-17,20,23-24,27-29,32-33H,5-6,9-11,14-15,18-19H2. The lowest BCUT2D eigenvalue weighted by atomic mass is 9.47. The van der Waals surface area contributed by atoms with Crippen LogP contribution >= 0.6 is 0 Å². The molecule has 8 unspecified atom stereocenters. The van der Waals surface area contributed by atoms with E-state index in [1.165, 1.54) is 53.6 Å². The first-order valence-electron chi connectivity index (χ1n) is 14.7. The van der Waals surface area contributed by atoms with E-state index in [1.807, 2.05) is 0 Å². The Morgan fingerprint density at radius 1 is 0.543 bits per heavy atom. The fraction of sp³-hybridized carbons (Fsp3) is 0.486. The van der Waals surface area contributed by atoms with Gasteiger partial charge >= 0.3 is 0 Å². The Labute approximate surface area is 209 Å². The molecule has 0 radical (unpaired) electrons. The van der Waals surface area contributed by atoms with Gasteiger partial charge < -0.3 is 0 Å². The average molecular weight is 457 g/mol. The number of hydrogen-bond donors (Lipinski definition) is 0. The van der Waals surface area contributed by atoms with E-state index in [2.05, 4.69) is 60.7 Å². The fourth-order valence-electron chi connectivity index (χ4n) is 10.9. The summed E-state index contributed by atoms with van der Waals surface area (Å²) in [6.45, 7) is 0. The van der Waals surface area contributed by atoms with Crippen LogP contribution < -0.4 is 0 Å². The van der Waals surface area contributed by atoms with Crippen LogP contribution in [-0.4, -0.2) is 0 Å². The van der Waals surface area contributed by atoms with Gasteiger partial charge in [0.1, 0.15) is 0 Å². The SMILES string of the molecule is c1ccc2c3c4c(cc5ccccc5c4cc2c1)C1CC2CC4CCCC5CCCC(C2CC31)C54. The second-order valence-electron chi connectivity index (χ2n) is 13.1. The summed E-state index contributed by atoms with van der Waals surface area (Å²) < 4.78 is 0. The first kappa shape index (κ1) is 19.8. The third-order valence-corrected chi connectivity index (χ3v) is 11.9. The molecule has 0 saturated heterocycles. The van der Waals surface area contributed by atoms with Crippen molar-refractivity contribution in [1.29, 1.82) is 0 Å². The number of fused-ring (bicyclic) bond motifs is 9. The van der Waals surface area contributed by atoms with E-state index in [0.29, 0.717) is 0 Å². The summed E-state index contributed by atoms with van der Waals surface area (Å²) >= 11 is 0. The van der Waals surface area contributed by atoms with E-state index in [1.54, 1.807) is 47.6 Å². The van der Waals surface area contributed by atoms with Gasteiger partial charge in [-0.3, -0.25) is 0 Å². The lowest BCUT2D eigenvalue weighted by Crippen LogP contribution is -2.49. The van der Waals surface area contributed by atoms with Crippen LogP contribution in [0.25, 0.3) is 32.3 Å². The molecule has 0 nitrogen and oxygen atoms in total. The van der Waals surface area contributed by atoms with Gasteiger partial charge in [0.15, 0.2) is 0 Å². The molecule has 4 aromatic rings. The van der Waals surface area contributed by atoms with E-state index in [0.717, 1.165) is 47.3 Å². The van der Waals surface area contributed by atoms with Gasteiger partial charge in [0.2, 0.25) is 0 Å². The van der Waals surface area contributed by atoms with Crippen LogP contribution in [0.3, 0.4) is 0 Å². The molecule has 0 heterocycles. The second kappa shape index (κ2) is 7.12. The van der Waals surface area contributed by atoms with Crippen molar-refractivity contribution in [3.63, 3.8) is 0 Å². The van der Waals surface area contributed by atoms with Crippen LogP contribution in [0.4, 0.5) is 0 Å². The van der Waals surface area contributed by atoms with Crippen LogP contribution in [0.2, 0.25) is 0 Å². The normalized spacial score (nSPS) is 37.3. The monoisotopic (exact) mass is 456 g/mol. The highest BCUT2D eigenvalue weighted by molar-refractivity contribution is 6.17. The largest absolute Gasteiger partial charge is 0.0616 e. The Hall–Kier alpha value is -2.34. The molecule has 176 valence electrons. The van der Waals surface area contributed by atoms with Crippen LogP contribution in [0.5, 0.6) is 0 Å². The molecule has 8 atom stereocenters. The van der Waals surface area contributed by atoms with Gasteiger partial charge in [-0.15, -0.1) is 0 Å². The molecule has 0 amide bonds. The predicted molar refractivity (Wildman–Crippen MR) is 147 cm³/mol. The number of rotatable bonds is 0. The highest BCUT2D eigenvalue weighted by Crippen LogP contribution is 2.65. The molecule has 4 fully saturated rings. The molecular formula is C35H36. The van der Waals surface area contributed by atoms with Crippen LogP contribution in [0.15, 0.2) is 60.7 Å². The van der Waals surface area contributed by atoms with Crippen molar-refractivity contribution in [2.45, 2.75) is 69.6 Å². The van der Waals surface area contributed by atoms with Crippen molar-refractivity contribution in [2.75, 3.05) is 0 Å². The highest BCUT2D eigenvalue weighted by Gasteiger charge is 2.54. The molecule has 0 aliphatic heterocycles. The summed E-state index contributed by atoms with van der Waals surface area (Å²) in [4.78, 5) is 0. The maximum absolute atomic E-state index is 2.61. The lowest BCUT2D eigenvalue weighted by Gasteiger charge is -2.58. The van der Waals surface area contributed by atoms with Gasteiger partial charge in [0.05, 0.1) is 0 Å². The Morgan fingerprint density at radius 3 is 2.17 bits per heavy atom. The zero-order valence-electron chi connectivity index (χ0n) is 20.8. The van der Waals surface area contributed by atoms with Gasteiger partial charge in [-0.1, -0.05) is 86.7 Å². The summed E-state index contributed by atoms with van der Waals surface area (Å²) in [5.41, 5.74) is 3.44. The zero-order chi connectivity index (χ0) is 22.7. The minimum absolute atomic E-state index is 0.733. The van der Waals surface area contributed by atoms with Crippen molar-refractivity contribution < 1.29 is 0 Å². The maximum Gasteiger partial charge on any atom is -0.00775 e. The summed E-state index contributed by atoms with van der Waals surface area (Å²) in [6.07, 6.45) is 13.7. The van der Waals surface area contributed by atoms with Crippen LogP contribution in [0, 0.1) is 35.5 Å². The Kier molecular flexibility index (Phi) is 4.03. The summed E-state index contributed by atoms with van der Waals surface area (Å²) in [6, 6.07) is 23.6. The van der Waals surface area contributed by atoms with Crippen LogP contribution in [0.1, 0.15) is 80.8 Å². The third-order valence-electron chi connectivity index (χ3n) is 11.9. The first-order chi connectivity index (χ1) is 17.3. The Morgan fingerprint density at radius 2 is 1.29 bits per heavy atom. The van der Waals surface area contributed by atoms with E-state index in [-0.39, 0.29) is 0 Å². The maximum atomic E-state index is 2.61. The molecule has 0 heteroatoms. The van der Waals surface area contributed by atoms with E-state index in [4.69, 9.17) is 0 Å². The van der Waals surface area contributed by atoms with Crippen molar-refractivity contribution >= 4 is 32.3 Å². The van der Waals surface area contributed by atoms with E-state index >= 15 is 0 Å². The Bertz CT molecular complexity index is 1490. The average Bonchev–Trinajstić information content (AvgIpc) is 3.22. The van der Waals surface area contributed by atoms with Gasteiger partial charge in [-0.2, -0.15) is 0 Å². The summed E-state index contributed by atoms with van der Waals surface area (Å²) in [5.74, 6) is 7.67. The fourth-order valence-corrected chi connectivity index (χ4v) is 10.9. The quantitative estimate of drug-likeness (QED) is 0.182. The minimum Gasteiger partial charge on any atom is -0.0616 e. The molecule has 5 aliphatic carbocycles. The third kappa shape index (κ3) is 2.59. The molecule has 0 aromatic heterocycles. The topological polar surface area (TPSA) is 0 Å². The van der Waals surface area contributed by atoms with E-state index < -0.39 is 0 Å². The molecule has 5 aliphatic rings.